The number of ether oxygens (including phenoxy) is 1. The summed E-state index contributed by atoms with van der Waals surface area (Å²) in [6.07, 6.45) is 4.73. The van der Waals surface area contributed by atoms with Crippen LogP contribution in [0.4, 0.5) is 0 Å². The van der Waals surface area contributed by atoms with Crippen molar-refractivity contribution in [2.75, 3.05) is 19.8 Å². The fourth-order valence-electron chi connectivity index (χ4n) is 4.04. The van der Waals surface area contributed by atoms with Crippen molar-refractivity contribution in [3.05, 3.63) is 77.4 Å². The molecule has 0 bridgehead atoms. The predicted molar refractivity (Wildman–Crippen MR) is 111 cm³/mol. The zero-order chi connectivity index (χ0) is 20.2. The van der Waals surface area contributed by atoms with Crippen LogP contribution in [0.3, 0.4) is 0 Å². The maximum atomic E-state index is 13.1. The van der Waals surface area contributed by atoms with E-state index in [1.165, 1.54) is 0 Å². The van der Waals surface area contributed by atoms with Crippen LogP contribution in [0.5, 0.6) is 0 Å². The van der Waals surface area contributed by atoms with Crippen LogP contribution in [0.1, 0.15) is 35.0 Å². The van der Waals surface area contributed by atoms with Gasteiger partial charge in [0, 0.05) is 36.6 Å². The minimum Gasteiger partial charge on any atom is -0.377 e. The number of aryl methyl sites for hydroxylation is 2. The number of rotatable bonds is 5. The average molecular weight is 390 g/mol. The van der Waals surface area contributed by atoms with Crippen LogP contribution in [0.25, 0.3) is 5.69 Å². The number of para-hydroxylation sites is 1. The Morgan fingerprint density at radius 3 is 2.76 bits per heavy atom. The minimum absolute atomic E-state index is 0.109. The molecule has 0 aliphatic carbocycles. The molecule has 1 aliphatic heterocycles. The van der Waals surface area contributed by atoms with Gasteiger partial charge >= 0.3 is 0 Å². The van der Waals surface area contributed by atoms with Gasteiger partial charge in [0.15, 0.2) is 0 Å². The summed E-state index contributed by atoms with van der Waals surface area (Å²) in [4.78, 5) is 19.2. The Bertz CT molecular complexity index is 969. The molecule has 0 radical (unpaired) electrons. The van der Waals surface area contributed by atoms with Gasteiger partial charge in [0.2, 0.25) is 5.91 Å². The van der Waals surface area contributed by atoms with Crippen molar-refractivity contribution in [2.24, 2.45) is 0 Å². The lowest BCUT2D eigenvalue weighted by Gasteiger charge is -2.36. The van der Waals surface area contributed by atoms with Crippen molar-refractivity contribution in [1.29, 1.82) is 0 Å². The summed E-state index contributed by atoms with van der Waals surface area (Å²) in [7, 11) is 0. The summed E-state index contributed by atoms with van der Waals surface area (Å²) in [5, 5.41) is 4.76. The van der Waals surface area contributed by atoms with Crippen LogP contribution < -0.4 is 0 Å². The second kappa shape index (κ2) is 8.57. The second-order valence-electron chi connectivity index (χ2n) is 7.37. The predicted octanol–water partition coefficient (Wildman–Crippen LogP) is 3.42. The zero-order valence-corrected chi connectivity index (χ0v) is 16.9. The summed E-state index contributed by atoms with van der Waals surface area (Å²) >= 11 is 0. The summed E-state index contributed by atoms with van der Waals surface area (Å²) in [5.41, 5.74) is 5.17. The zero-order valence-electron chi connectivity index (χ0n) is 16.9. The van der Waals surface area contributed by atoms with E-state index >= 15 is 0 Å². The molecule has 2 aromatic heterocycles. The van der Waals surface area contributed by atoms with Crippen LogP contribution in [0, 0.1) is 13.8 Å². The molecule has 1 atom stereocenters. The highest BCUT2D eigenvalue weighted by Gasteiger charge is 2.32. The lowest BCUT2D eigenvalue weighted by atomic mass is 10.0. The van der Waals surface area contributed by atoms with Crippen molar-refractivity contribution in [3.63, 3.8) is 0 Å². The van der Waals surface area contributed by atoms with E-state index in [0.29, 0.717) is 32.6 Å². The lowest BCUT2D eigenvalue weighted by Crippen LogP contribution is -2.43. The Morgan fingerprint density at radius 1 is 1.17 bits per heavy atom. The Kier molecular flexibility index (Phi) is 5.71. The Morgan fingerprint density at radius 2 is 2.00 bits per heavy atom. The molecular weight excluding hydrogens is 364 g/mol. The maximum absolute atomic E-state index is 13.1. The number of nitrogens with zero attached hydrogens (tertiary/aromatic N) is 4. The molecule has 6 nitrogen and oxygen atoms in total. The number of pyridine rings is 1. The van der Waals surface area contributed by atoms with Crippen molar-refractivity contribution in [3.8, 4) is 5.69 Å². The average Bonchev–Trinajstić information content (AvgIpc) is 3.07. The molecular formula is C23H26N4O2. The van der Waals surface area contributed by atoms with E-state index in [1.54, 1.807) is 6.20 Å². The van der Waals surface area contributed by atoms with Gasteiger partial charge in [-0.1, -0.05) is 24.3 Å². The second-order valence-corrected chi connectivity index (χ2v) is 7.37. The topological polar surface area (TPSA) is 60.2 Å². The first-order valence-electron chi connectivity index (χ1n) is 10.0. The van der Waals surface area contributed by atoms with E-state index in [9.17, 15) is 4.79 Å². The number of hydrogen-bond donors (Lipinski definition) is 0. The fourth-order valence-corrected chi connectivity index (χ4v) is 4.04. The van der Waals surface area contributed by atoms with Crippen molar-refractivity contribution >= 4 is 5.91 Å². The van der Waals surface area contributed by atoms with E-state index in [2.05, 4.69) is 11.9 Å². The van der Waals surface area contributed by atoms with E-state index in [4.69, 9.17) is 9.84 Å². The smallest absolute Gasteiger partial charge is 0.223 e. The van der Waals surface area contributed by atoms with Gasteiger partial charge in [-0.25, -0.2) is 4.68 Å². The molecule has 0 saturated carbocycles. The number of hydrogen-bond acceptors (Lipinski definition) is 4. The number of amides is 1. The quantitative estimate of drug-likeness (QED) is 0.670. The van der Waals surface area contributed by atoms with E-state index in [-0.39, 0.29) is 11.9 Å². The standard InChI is InChI=1S/C23H26N4O2/c1-17-23(18(2)27(25-17)20-8-4-3-5-9-20)21-16-29-14-13-26(21)22(28)11-10-19-7-6-12-24-15-19/h3-9,12,15,21H,10-11,13-14,16H2,1-2H3/t21-/m1/s1. The molecule has 0 N–H and O–H groups in total. The van der Waals surface area contributed by atoms with E-state index < -0.39 is 0 Å². The van der Waals surface area contributed by atoms with Crippen LogP contribution in [-0.4, -0.2) is 45.3 Å². The maximum Gasteiger partial charge on any atom is 0.223 e. The minimum atomic E-state index is -0.109. The first kappa shape index (κ1) is 19.3. The first-order valence-corrected chi connectivity index (χ1v) is 10.0. The van der Waals surface area contributed by atoms with Gasteiger partial charge in [0.05, 0.1) is 30.6 Å². The van der Waals surface area contributed by atoms with Gasteiger partial charge in [0.25, 0.3) is 0 Å². The molecule has 1 saturated heterocycles. The third-order valence-corrected chi connectivity index (χ3v) is 5.48. The van der Waals surface area contributed by atoms with E-state index in [1.807, 2.05) is 65.2 Å². The van der Waals surface area contributed by atoms with Gasteiger partial charge in [-0.15, -0.1) is 0 Å². The molecule has 1 aromatic carbocycles. The molecule has 29 heavy (non-hydrogen) atoms. The molecule has 1 aliphatic rings. The van der Waals surface area contributed by atoms with Crippen LogP contribution in [0.15, 0.2) is 54.9 Å². The number of carbonyl (C=O) groups excluding carboxylic acids is 1. The molecule has 4 rings (SSSR count). The highest BCUT2D eigenvalue weighted by molar-refractivity contribution is 5.77. The number of morpholine rings is 1. The Labute approximate surface area is 171 Å². The van der Waals surface area contributed by atoms with Crippen molar-refractivity contribution < 1.29 is 9.53 Å². The van der Waals surface area contributed by atoms with Crippen molar-refractivity contribution in [1.82, 2.24) is 19.7 Å². The summed E-state index contributed by atoms with van der Waals surface area (Å²) < 4.78 is 7.72. The largest absolute Gasteiger partial charge is 0.377 e. The highest BCUT2D eigenvalue weighted by Crippen LogP contribution is 2.31. The third-order valence-electron chi connectivity index (χ3n) is 5.48. The molecule has 0 unspecified atom stereocenters. The summed E-state index contributed by atoms with van der Waals surface area (Å²) in [6, 6.07) is 13.9. The Balaban J connectivity index is 1.58. The van der Waals surface area contributed by atoms with Gasteiger partial charge in [-0.3, -0.25) is 9.78 Å². The van der Waals surface area contributed by atoms with Crippen LogP contribution in [0.2, 0.25) is 0 Å². The van der Waals surface area contributed by atoms with E-state index in [0.717, 1.165) is 28.2 Å². The third kappa shape index (κ3) is 4.07. The summed E-state index contributed by atoms with van der Waals surface area (Å²) in [5.74, 6) is 0.147. The monoisotopic (exact) mass is 390 g/mol. The SMILES string of the molecule is Cc1nn(-c2ccccc2)c(C)c1[C@H]1COCCN1C(=O)CCc1cccnc1. The van der Waals surface area contributed by atoms with Crippen LogP contribution >= 0.6 is 0 Å². The van der Waals surface area contributed by atoms with Gasteiger partial charge < -0.3 is 9.64 Å². The normalized spacial score (nSPS) is 16.8. The van der Waals surface area contributed by atoms with Gasteiger partial charge in [-0.2, -0.15) is 5.10 Å². The molecule has 150 valence electrons. The molecule has 1 amide bonds. The number of aromatic nitrogens is 3. The van der Waals surface area contributed by atoms with Crippen molar-refractivity contribution in [2.45, 2.75) is 32.7 Å². The Hall–Kier alpha value is -2.99. The highest BCUT2D eigenvalue weighted by atomic mass is 16.5. The van der Waals surface area contributed by atoms with Gasteiger partial charge in [-0.05, 0) is 44.0 Å². The summed E-state index contributed by atoms with van der Waals surface area (Å²) in [6.45, 7) is 5.75. The lowest BCUT2D eigenvalue weighted by molar-refractivity contribution is -0.140. The van der Waals surface area contributed by atoms with Gasteiger partial charge in [0.1, 0.15) is 0 Å². The molecule has 0 spiro atoms. The molecule has 3 heterocycles. The number of benzene rings is 1. The molecule has 6 heteroatoms. The number of carbonyl (C=O) groups is 1. The molecule has 1 fully saturated rings. The first-order chi connectivity index (χ1) is 14.1. The fraction of sp³-hybridized carbons (Fsp3) is 0.348. The molecule has 3 aromatic rings. The van der Waals surface area contributed by atoms with Crippen LogP contribution in [-0.2, 0) is 16.0 Å².